The number of hydrogen-bond acceptors (Lipinski definition) is 4. The SMILES string of the molecule is CN(c1ccc(S(N)(=O)=O)cc1F)C1CCCNCC1. The number of anilines is 1. The van der Waals surface area contributed by atoms with Crippen molar-refractivity contribution in [2.75, 3.05) is 25.0 Å². The van der Waals surface area contributed by atoms with Gasteiger partial charge in [-0.2, -0.15) is 0 Å². The van der Waals surface area contributed by atoms with E-state index < -0.39 is 15.8 Å². The maximum atomic E-state index is 14.1. The van der Waals surface area contributed by atoms with Crippen LogP contribution in [0.4, 0.5) is 10.1 Å². The maximum absolute atomic E-state index is 14.1. The van der Waals surface area contributed by atoms with Crippen LogP contribution in [-0.2, 0) is 10.0 Å². The molecule has 1 aliphatic rings. The number of nitrogens with one attached hydrogen (secondary N) is 1. The van der Waals surface area contributed by atoms with Crippen LogP contribution in [-0.4, -0.2) is 34.6 Å². The zero-order chi connectivity index (χ0) is 14.8. The number of nitrogens with zero attached hydrogens (tertiary/aromatic N) is 1. The average Bonchev–Trinajstić information content (AvgIpc) is 2.65. The van der Waals surface area contributed by atoms with E-state index >= 15 is 0 Å². The predicted molar refractivity (Wildman–Crippen MR) is 76.7 cm³/mol. The van der Waals surface area contributed by atoms with Gasteiger partial charge in [-0.05, 0) is 50.6 Å². The van der Waals surface area contributed by atoms with Crippen LogP contribution in [0.15, 0.2) is 23.1 Å². The molecular formula is C13H20FN3O2S. The number of halogens is 1. The number of benzene rings is 1. The van der Waals surface area contributed by atoms with E-state index in [1.165, 1.54) is 12.1 Å². The second-order valence-electron chi connectivity index (χ2n) is 5.10. The molecule has 7 heteroatoms. The molecule has 1 heterocycles. The first-order chi connectivity index (χ1) is 9.39. The third-order valence-electron chi connectivity index (χ3n) is 3.72. The second kappa shape index (κ2) is 6.07. The van der Waals surface area contributed by atoms with Gasteiger partial charge >= 0.3 is 0 Å². The lowest BCUT2D eigenvalue weighted by Gasteiger charge is -2.29. The molecule has 1 aliphatic heterocycles. The highest BCUT2D eigenvalue weighted by Crippen LogP contribution is 2.25. The molecular weight excluding hydrogens is 281 g/mol. The molecule has 1 atom stereocenters. The van der Waals surface area contributed by atoms with Crippen molar-refractivity contribution < 1.29 is 12.8 Å². The quantitative estimate of drug-likeness (QED) is 0.875. The Morgan fingerprint density at radius 3 is 2.75 bits per heavy atom. The molecule has 0 aromatic heterocycles. The Bertz CT molecular complexity index is 569. The summed E-state index contributed by atoms with van der Waals surface area (Å²) < 4.78 is 36.5. The minimum absolute atomic E-state index is 0.199. The standard InChI is InChI=1S/C13H20FN3O2S/c1-17(10-3-2-7-16-8-6-10)13-5-4-11(9-12(13)14)20(15,18)19/h4-5,9-10,16H,2-3,6-8H2,1H3,(H2,15,18,19). The third kappa shape index (κ3) is 3.47. The summed E-state index contributed by atoms with van der Waals surface area (Å²) in [5, 5.41) is 8.31. The highest BCUT2D eigenvalue weighted by molar-refractivity contribution is 7.89. The van der Waals surface area contributed by atoms with Crippen LogP contribution < -0.4 is 15.4 Å². The third-order valence-corrected chi connectivity index (χ3v) is 4.63. The zero-order valence-electron chi connectivity index (χ0n) is 11.5. The molecule has 0 amide bonds. The van der Waals surface area contributed by atoms with Gasteiger partial charge < -0.3 is 10.2 Å². The first-order valence-electron chi connectivity index (χ1n) is 6.65. The molecule has 1 aromatic rings. The van der Waals surface area contributed by atoms with Crippen molar-refractivity contribution in [1.29, 1.82) is 0 Å². The fourth-order valence-electron chi connectivity index (χ4n) is 2.54. The Morgan fingerprint density at radius 2 is 2.10 bits per heavy atom. The zero-order valence-corrected chi connectivity index (χ0v) is 12.3. The van der Waals surface area contributed by atoms with Crippen molar-refractivity contribution >= 4 is 15.7 Å². The molecule has 1 saturated heterocycles. The summed E-state index contributed by atoms with van der Waals surface area (Å²) in [6.45, 7) is 1.89. The maximum Gasteiger partial charge on any atom is 0.238 e. The molecule has 2 rings (SSSR count). The Hall–Kier alpha value is -1.18. The van der Waals surface area contributed by atoms with Gasteiger partial charge in [0.2, 0.25) is 10.0 Å². The number of rotatable bonds is 3. The molecule has 0 saturated carbocycles. The summed E-state index contributed by atoms with van der Waals surface area (Å²) in [7, 11) is -2.03. The molecule has 0 aliphatic carbocycles. The summed E-state index contributed by atoms with van der Waals surface area (Å²) in [5.74, 6) is -0.559. The molecule has 1 fully saturated rings. The van der Waals surface area contributed by atoms with E-state index in [1.807, 2.05) is 11.9 Å². The Morgan fingerprint density at radius 1 is 1.35 bits per heavy atom. The van der Waals surface area contributed by atoms with Gasteiger partial charge in [0, 0.05) is 13.1 Å². The van der Waals surface area contributed by atoms with Crippen LogP contribution in [0.3, 0.4) is 0 Å². The highest BCUT2D eigenvalue weighted by Gasteiger charge is 2.20. The Labute approximate surface area is 119 Å². The molecule has 1 aromatic carbocycles. The van der Waals surface area contributed by atoms with E-state index in [1.54, 1.807) is 0 Å². The molecule has 1 unspecified atom stereocenters. The number of sulfonamides is 1. The number of hydrogen-bond donors (Lipinski definition) is 2. The van der Waals surface area contributed by atoms with E-state index in [-0.39, 0.29) is 10.9 Å². The van der Waals surface area contributed by atoms with Crippen LogP contribution in [0, 0.1) is 5.82 Å². The van der Waals surface area contributed by atoms with Gasteiger partial charge in [0.05, 0.1) is 10.6 Å². The van der Waals surface area contributed by atoms with Gasteiger partial charge in [-0.15, -0.1) is 0 Å². The van der Waals surface area contributed by atoms with Gasteiger partial charge in [-0.1, -0.05) is 0 Å². The largest absolute Gasteiger partial charge is 0.369 e. The normalized spacial score (nSPS) is 20.4. The van der Waals surface area contributed by atoms with Crippen LogP contribution >= 0.6 is 0 Å². The monoisotopic (exact) mass is 301 g/mol. The van der Waals surface area contributed by atoms with Crippen molar-refractivity contribution in [3.8, 4) is 0 Å². The van der Waals surface area contributed by atoms with E-state index in [2.05, 4.69) is 5.32 Å². The summed E-state index contributed by atoms with van der Waals surface area (Å²) in [4.78, 5) is 1.68. The van der Waals surface area contributed by atoms with Gasteiger partial charge in [0.15, 0.2) is 0 Å². The number of primary sulfonamides is 1. The van der Waals surface area contributed by atoms with Gasteiger partial charge in [0.1, 0.15) is 5.82 Å². The van der Waals surface area contributed by atoms with Crippen LogP contribution in [0.25, 0.3) is 0 Å². The molecule has 20 heavy (non-hydrogen) atoms. The Kier molecular flexibility index (Phi) is 4.62. The van der Waals surface area contributed by atoms with Crippen molar-refractivity contribution in [1.82, 2.24) is 5.32 Å². The smallest absolute Gasteiger partial charge is 0.238 e. The van der Waals surface area contributed by atoms with Crippen LogP contribution in [0.5, 0.6) is 0 Å². The van der Waals surface area contributed by atoms with Gasteiger partial charge in [-0.25, -0.2) is 17.9 Å². The topological polar surface area (TPSA) is 75.4 Å². The fraction of sp³-hybridized carbons (Fsp3) is 0.538. The van der Waals surface area contributed by atoms with E-state index in [4.69, 9.17) is 5.14 Å². The van der Waals surface area contributed by atoms with Crippen molar-refractivity contribution in [2.45, 2.75) is 30.2 Å². The second-order valence-corrected chi connectivity index (χ2v) is 6.67. The summed E-state index contributed by atoms with van der Waals surface area (Å²) in [5.41, 5.74) is 0.407. The molecule has 0 spiro atoms. The molecule has 5 nitrogen and oxygen atoms in total. The van der Waals surface area contributed by atoms with Crippen molar-refractivity contribution in [2.24, 2.45) is 5.14 Å². The van der Waals surface area contributed by atoms with Gasteiger partial charge in [0.25, 0.3) is 0 Å². The highest BCUT2D eigenvalue weighted by atomic mass is 32.2. The lowest BCUT2D eigenvalue weighted by atomic mass is 10.1. The fourth-order valence-corrected chi connectivity index (χ4v) is 3.06. The molecule has 112 valence electrons. The first-order valence-corrected chi connectivity index (χ1v) is 8.20. The average molecular weight is 301 g/mol. The van der Waals surface area contributed by atoms with Crippen molar-refractivity contribution in [3.05, 3.63) is 24.0 Å². The Balaban J connectivity index is 2.23. The van der Waals surface area contributed by atoms with E-state index in [9.17, 15) is 12.8 Å². The minimum atomic E-state index is -3.87. The van der Waals surface area contributed by atoms with E-state index in [0.717, 1.165) is 38.4 Å². The minimum Gasteiger partial charge on any atom is -0.369 e. The molecule has 3 N–H and O–H groups in total. The summed E-state index contributed by atoms with van der Waals surface area (Å²) in [6.07, 6.45) is 2.97. The molecule has 0 bridgehead atoms. The van der Waals surface area contributed by atoms with Crippen LogP contribution in [0.2, 0.25) is 0 Å². The predicted octanol–water partition coefficient (Wildman–Crippen LogP) is 1.05. The lowest BCUT2D eigenvalue weighted by Crippen LogP contribution is -2.33. The number of nitrogens with two attached hydrogens (primary N) is 1. The van der Waals surface area contributed by atoms with Crippen LogP contribution in [0.1, 0.15) is 19.3 Å². The lowest BCUT2D eigenvalue weighted by molar-refractivity contribution is 0.547. The summed E-state index contributed by atoms with van der Waals surface area (Å²) in [6, 6.07) is 4.06. The molecule has 0 radical (unpaired) electrons. The summed E-state index contributed by atoms with van der Waals surface area (Å²) >= 11 is 0. The first kappa shape index (κ1) is 15.2. The van der Waals surface area contributed by atoms with Gasteiger partial charge in [-0.3, -0.25) is 0 Å². The van der Waals surface area contributed by atoms with Crippen molar-refractivity contribution in [3.63, 3.8) is 0 Å². The van der Waals surface area contributed by atoms with E-state index in [0.29, 0.717) is 5.69 Å².